The summed E-state index contributed by atoms with van der Waals surface area (Å²) in [5.41, 5.74) is 4.85. The average molecular weight is 518 g/mol. The first-order chi connectivity index (χ1) is 17.3. The van der Waals surface area contributed by atoms with Crippen molar-refractivity contribution in [2.75, 3.05) is 13.6 Å². The average Bonchev–Trinajstić information content (AvgIpc) is 3.48. The monoisotopic (exact) mass is 517 g/mol. The molecule has 11 heteroatoms. The number of amides is 4. The van der Waals surface area contributed by atoms with Crippen LogP contribution in [-0.4, -0.2) is 70.1 Å². The lowest BCUT2D eigenvalue weighted by Crippen LogP contribution is -2.54. The van der Waals surface area contributed by atoms with Crippen molar-refractivity contribution >= 4 is 34.5 Å². The summed E-state index contributed by atoms with van der Waals surface area (Å²) in [6.45, 7) is 7.60. The summed E-state index contributed by atoms with van der Waals surface area (Å²) in [6, 6.07) is 1.00. The number of hydrogen-bond donors (Lipinski definition) is 3. The Balaban J connectivity index is 1.66. The molecular formula is C26H33F2N5O4. The molecule has 1 aromatic carbocycles. The number of likely N-dealkylation sites (tertiary alicyclic amines) is 1. The van der Waals surface area contributed by atoms with Crippen molar-refractivity contribution in [3.63, 3.8) is 0 Å². The van der Waals surface area contributed by atoms with Crippen molar-refractivity contribution in [3.8, 4) is 0 Å². The van der Waals surface area contributed by atoms with Gasteiger partial charge in [-0.1, -0.05) is 20.8 Å². The van der Waals surface area contributed by atoms with Gasteiger partial charge in [0.1, 0.15) is 29.4 Å². The maximum absolute atomic E-state index is 14.2. The number of fused-ring (bicyclic) bond motifs is 1. The number of H-pyrrole nitrogens is 1. The Morgan fingerprint density at radius 3 is 2.46 bits per heavy atom. The van der Waals surface area contributed by atoms with Crippen LogP contribution in [0.3, 0.4) is 0 Å². The third kappa shape index (κ3) is 4.44. The summed E-state index contributed by atoms with van der Waals surface area (Å²) >= 11 is 0. The van der Waals surface area contributed by atoms with Gasteiger partial charge in [0.25, 0.3) is 5.91 Å². The van der Waals surface area contributed by atoms with Crippen LogP contribution in [-0.2, 0) is 14.4 Å². The van der Waals surface area contributed by atoms with Gasteiger partial charge < -0.3 is 25.8 Å². The Morgan fingerprint density at radius 2 is 1.89 bits per heavy atom. The van der Waals surface area contributed by atoms with E-state index in [0.717, 1.165) is 12.1 Å². The Morgan fingerprint density at radius 1 is 1.22 bits per heavy atom. The zero-order valence-corrected chi connectivity index (χ0v) is 21.6. The van der Waals surface area contributed by atoms with E-state index in [0.29, 0.717) is 0 Å². The largest absolute Gasteiger partial charge is 0.368 e. The number of carbonyl (C=O) groups is 4. The molecule has 0 aliphatic carbocycles. The lowest BCUT2D eigenvalue weighted by molar-refractivity contribution is -0.141. The number of aromatic nitrogens is 1. The standard InChI is InChI=1S/C26H33F2N5O4/c1-12(2)6-20(32(5)23(35)19-9-16-17(28)7-15(27)8-18(16)31-19)24(36)33-11-26(10-21(33)22(29)34)13(3)14(4)30-25(26)37/h7-9,12-14,20-21,31H,6,10-11H2,1-5H3,(H2,29,34)(H,30,37)/t13?,14?,20-,21-,26-/m0/s1. The number of aromatic amines is 1. The fourth-order valence-corrected chi connectivity index (χ4v) is 5.74. The zero-order chi connectivity index (χ0) is 27.4. The van der Waals surface area contributed by atoms with Crippen LogP contribution in [0.1, 0.15) is 51.0 Å². The molecule has 4 amide bonds. The highest BCUT2D eigenvalue weighted by molar-refractivity contribution is 6.01. The molecule has 5 atom stereocenters. The summed E-state index contributed by atoms with van der Waals surface area (Å²) in [5, 5.41) is 2.96. The molecule has 2 aliphatic rings. The van der Waals surface area contributed by atoms with E-state index in [1.807, 2.05) is 27.7 Å². The van der Waals surface area contributed by atoms with Gasteiger partial charge in [0.15, 0.2) is 0 Å². The van der Waals surface area contributed by atoms with E-state index in [-0.39, 0.29) is 59.8 Å². The summed E-state index contributed by atoms with van der Waals surface area (Å²) in [7, 11) is 1.45. The lowest BCUT2D eigenvalue weighted by Gasteiger charge is -2.34. The molecule has 2 fully saturated rings. The molecule has 37 heavy (non-hydrogen) atoms. The van der Waals surface area contributed by atoms with Gasteiger partial charge in [0, 0.05) is 31.1 Å². The Hall–Kier alpha value is -3.50. The second kappa shape index (κ2) is 9.42. The molecule has 1 spiro atoms. The topological polar surface area (TPSA) is 129 Å². The van der Waals surface area contributed by atoms with E-state index in [2.05, 4.69) is 10.3 Å². The maximum atomic E-state index is 14.2. The molecule has 1 aromatic heterocycles. The number of carbonyl (C=O) groups excluding carboxylic acids is 4. The molecule has 0 saturated carbocycles. The van der Waals surface area contributed by atoms with Crippen molar-refractivity contribution in [1.82, 2.24) is 20.1 Å². The van der Waals surface area contributed by atoms with E-state index in [9.17, 15) is 28.0 Å². The predicted molar refractivity (Wildman–Crippen MR) is 132 cm³/mol. The first-order valence-electron chi connectivity index (χ1n) is 12.4. The number of nitrogens with zero attached hydrogens (tertiary/aromatic N) is 2. The van der Waals surface area contributed by atoms with Gasteiger partial charge in [-0.15, -0.1) is 0 Å². The highest BCUT2D eigenvalue weighted by atomic mass is 19.1. The number of benzene rings is 1. The number of primary amides is 1. The van der Waals surface area contributed by atoms with Crippen LogP contribution in [0.25, 0.3) is 10.9 Å². The predicted octanol–water partition coefficient (Wildman–Crippen LogP) is 2.16. The number of rotatable bonds is 6. The van der Waals surface area contributed by atoms with Gasteiger partial charge in [-0.25, -0.2) is 8.78 Å². The van der Waals surface area contributed by atoms with Crippen LogP contribution in [0, 0.1) is 28.9 Å². The first-order valence-corrected chi connectivity index (χ1v) is 12.4. The van der Waals surface area contributed by atoms with E-state index >= 15 is 0 Å². The lowest BCUT2D eigenvalue weighted by atomic mass is 9.74. The Kier molecular flexibility index (Phi) is 6.76. The molecule has 2 unspecified atom stereocenters. The van der Waals surface area contributed by atoms with Gasteiger partial charge in [0.05, 0.1) is 10.9 Å². The van der Waals surface area contributed by atoms with Gasteiger partial charge in [-0.3, -0.25) is 19.2 Å². The first kappa shape index (κ1) is 26.6. The molecule has 2 saturated heterocycles. The van der Waals surface area contributed by atoms with E-state index in [1.165, 1.54) is 22.9 Å². The maximum Gasteiger partial charge on any atom is 0.270 e. The minimum absolute atomic E-state index is 0.00392. The molecule has 0 radical (unpaired) electrons. The molecule has 3 heterocycles. The molecule has 4 N–H and O–H groups in total. The van der Waals surface area contributed by atoms with Crippen molar-refractivity contribution in [1.29, 1.82) is 0 Å². The third-order valence-electron chi connectivity index (χ3n) is 8.08. The summed E-state index contributed by atoms with van der Waals surface area (Å²) in [5.74, 6) is -3.75. The number of nitrogens with one attached hydrogen (secondary N) is 2. The highest BCUT2D eigenvalue weighted by Crippen LogP contribution is 2.46. The Bertz CT molecular complexity index is 1280. The number of hydrogen-bond acceptors (Lipinski definition) is 4. The Labute approximate surface area is 213 Å². The zero-order valence-electron chi connectivity index (χ0n) is 21.6. The van der Waals surface area contributed by atoms with Crippen LogP contribution >= 0.6 is 0 Å². The van der Waals surface area contributed by atoms with Crippen molar-refractivity contribution in [3.05, 3.63) is 35.5 Å². The second-order valence-corrected chi connectivity index (χ2v) is 10.9. The summed E-state index contributed by atoms with van der Waals surface area (Å²) in [6.07, 6.45) is 0.391. The number of halogens is 2. The van der Waals surface area contributed by atoms with Gasteiger partial charge >= 0.3 is 0 Å². The van der Waals surface area contributed by atoms with Crippen molar-refractivity contribution in [2.45, 2.75) is 58.7 Å². The van der Waals surface area contributed by atoms with E-state index in [1.54, 1.807) is 0 Å². The summed E-state index contributed by atoms with van der Waals surface area (Å²) < 4.78 is 27.9. The highest BCUT2D eigenvalue weighted by Gasteiger charge is 2.60. The fourth-order valence-electron chi connectivity index (χ4n) is 5.74. The summed E-state index contributed by atoms with van der Waals surface area (Å²) in [4.78, 5) is 58.1. The van der Waals surface area contributed by atoms with E-state index in [4.69, 9.17) is 5.73 Å². The quantitative estimate of drug-likeness (QED) is 0.542. The molecule has 200 valence electrons. The van der Waals surface area contributed by atoms with Crippen molar-refractivity contribution in [2.24, 2.45) is 23.0 Å². The molecular weight excluding hydrogens is 484 g/mol. The second-order valence-electron chi connectivity index (χ2n) is 10.9. The van der Waals surface area contributed by atoms with Crippen LogP contribution in [0.15, 0.2) is 18.2 Å². The minimum Gasteiger partial charge on any atom is -0.368 e. The number of nitrogens with two attached hydrogens (primary N) is 1. The van der Waals surface area contributed by atoms with Crippen molar-refractivity contribution < 1.29 is 28.0 Å². The van der Waals surface area contributed by atoms with Crippen LogP contribution < -0.4 is 11.1 Å². The van der Waals surface area contributed by atoms with Crippen LogP contribution in [0.5, 0.6) is 0 Å². The van der Waals surface area contributed by atoms with Crippen LogP contribution in [0.4, 0.5) is 8.78 Å². The van der Waals surface area contributed by atoms with Gasteiger partial charge in [0.2, 0.25) is 17.7 Å². The smallest absolute Gasteiger partial charge is 0.270 e. The molecule has 9 nitrogen and oxygen atoms in total. The van der Waals surface area contributed by atoms with E-state index < -0.39 is 46.9 Å². The number of likely N-dealkylation sites (N-methyl/N-ethyl adjacent to an activating group) is 1. The fraction of sp³-hybridized carbons (Fsp3) is 0.538. The molecule has 2 aliphatic heterocycles. The SMILES string of the molecule is CC(C)C[C@@H](C(=O)N1C[C@]2(C[C@H]1C(N)=O)C(=O)NC(C)C2C)N(C)C(=O)c1cc2c(F)cc(F)cc2[nH]1. The van der Waals surface area contributed by atoms with Gasteiger partial charge in [-0.05, 0) is 43.7 Å². The van der Waals surface area contributed by atoms with Gasteiger partial charge in [-0.2, -0.15) is 0 Å². The normalized spacial score (nSPS) is 26.2. The molecule has 4 rings (SSSR count). The minimum atomic E-state index is -0.991. The van der Waals surface area contributed by atoms with Crippen LogP contribution in [0.2, 0.25) is 0 Å². The third-order valence-corrected chi connectivity index (χ3v) is 8.08. The molecule has 2 aromatic rings. The molecule has 0 bridgehead atoms.